The van der Waals surface area contributed by atoms with E-state index in [1.54, 1.807) is 12.1 Å². The van der Waals surface area contributed by atoms with Gasteiger partial charge in [0.25, 0.3) is 0 Å². The topological polar surface area (TPSA) is 86.2 Å². The molecule has 19 heavy (non-hydrogen) atoms. The quantitative estimate of drug-likeness (QED) is 0.894. The summed E-state index contributed by atoms with van der Waals surface area (Å²) >= 11 is 0. The molecule has 0 radical (unpaired) electrons. The van der Waals surface area contributed by atoms with Gasteiger partial charge < -0.3 is 5.73 Å². The molecular weight excluding hydrogens is 284 g/mol. The predicted octanol–water partition coefficient (Wildman–Crippen LogP) is 2.20. The van der Waals surface area contributed by atoms with E-state index in [-0.39, 0.29) is 23.3 Å². The Labute approximate surface area is 120 Å². The third kappa shape index (κ3) is 4.31. The molecule has 0 heterocycles. The molecule has 1 fully saturated rings. The number of hydrogen-bond acceptors (Lipinski definition) is 3. The Hall–Kier alpha value is -0.880. The second-order valence-corrected chi connectivity index (χ2v) is 6.38. The number of allylic oxidation sites excluding steroid dienone is 1. The van der Waals surface area contributed by atoms with Gasteiger partial charge in [0.2, 0.25) is 10.0 Å². The van der Waals surface area contributed by atoms with Gasteiger partial charge >= 0.3 is 0 Å². The van der Waals surface area contributed by atoms with Crippen molar-refractivity contribution in [3.63, 3.8) is 0 Å². The molecule has 0 spiro atoms. The molecule has 1 aromatic rings. The lowest BCUT2D eigenvalue weighted by Gasteiger charge is -2.11. The molecule has 1 aliphatic carbocycles. The molecule has 1 aromatic carbocycles. The zero-order chi connectivity index (χ0) is 13.3. The van der Waals surface area contributed by atoms with Crippen LogP contribution in [0.5, 0.6) is 0 Å². The maximum Gasteiger partial charge on any atom is 0.238 e. The highest BCUT2D eigenvalue weighted by Crippen LogP contribution is 2.31. The average molecular weight is 303 g/mol. The lowest BCUT2D eigenvalue weighted by Crippen LogP contribution is -2.14. The minimum Gasteiger partial charge on any atom is -0.324 e. The smallest absolute Gasteiger partial charge is 0.238 e. The van der Waals surface area contributed by atoms with Crippen LogP contribution in [0.3, 0.4) is 0 Å². The Morgan fingerprint density at radius 1 is 1.37 bits per heavy atom. The molecule has 1 aliphatic rings. The number of nitrogens with two attached hydrogens (primary N) is 2. The number of hydrogen-bond donors (Lipinski definition) is 2. The molecule has 1 atom stereocenters. The van der Waals surface area contributed by atoms with Crippen molar-refractivity contribution < 1.29 is 8.42 Å². The van der Waals surface area contributed by atoms with Gasteiger partial charge in [-0.3, -0.25) is 0 Å². The van der Waals surface area contributed by atoms with Crippen molar-refractivity contribution in [3.05, 3.63) is 35.4 Å². The highest BCUT2D eigenvalue weighted by molar-refractivity contribution is 7.89. The van der Waals surface area contributed by atoms with Crippen molar-refractivity contribution in [3.8, 4) is 0 Å². The summed E-state index contributed by atoms with van der Waals surface area (Å²) in [6.45, 7) is 1.88. The standard InChI is InChI=1S/C13H18N2O2S.ClH/c1-9(14)13-7-6-12(18(15,16)17)8-11(13)5-4-10-2-3-10;/h4-10H,2-3,14H2,1H3,(H2,15,16,17);1H/b5-4+;/t9-;/m1./s1. The van der Waals surface area contributed by atoms with Crippen LogP contribution in [-0.4, -0.2) is 8.42 Å². The lowest BCUT2D eigenvalue weighted by molar-refractivity contribution is 0.597. The predicted molar refractivity (Wildman–Crippen MR) is 79.4 cm³/mol. The number of sulfonamides is 1. The van der Waals surface area contributed by atoms with E-state index < -0.39 is 10.0 Å². The zero-order valence-electron chi connectivity index (χ0n) is 10.7. The fourth-order valence-corrected chi connectivity index (χ4v) is 2.37. The first-order valence-electron chi connectivity index (χ1n) is 5.98. The van der Waals surface area contributed by atoms with Gasteiger partial charge in [0.1, 0.15) is 0 Å². The van der Waals surface area contributed by atoms with Crippen LogP contribution in [0.15, 0.2) is 29.2 Å². The van der Waals surface area contributed by atoms with E-state index in [1.165, 1.54) is 18.9 Å². The Morgan fingerprint density at radius 3 is 2.47 bits per heavy atom. The monoisotopic (exact) mass is 302 g/mol. The Bertz CT molecular complexity index is 578. The molecule has 2 rings (SSSR count). The van der Waals surface area contributed by atoms with E-state index in [4.69, 9.17) is 10.9 Å². The van der Waals surface area contributed by atoms with Crippen LogP contribution in [0.25, 0.3) is 6.08 Å². The van der Waals surface area contributed by atoms with Crippen LogP contribution < -0.4 is 10.9 Å². The molecule has 6 heteroatoms. The molecule has 1 saturated carbocycles. The highest BCUT2D eigenvalue weighted by Gasteiger charge is 2.18. The minimum atomic E-state index is -3.67. The summed E-state index contributed by atoms with van der Waals surface area (Å²) in [5, 5.41) is 5.14. The van der Waals surface area contributed by atoms with E-state index in [0.717, 1.165) is 11.1 Å². The summed E-state index contributed by atoms with van der Waals surface area (Å²) < 4.78 is 22.7. The van der Waals surface area contributed by atoms with Crippen LogP contribution in [0.2, 0.25) is 0 Å². The van der Waals surface area contributed by atoms with Crippen molar-refractivity contribution in [2.24, 2.45) is 16.8 Å². The van der Waals surface area contributed by atoms with E-state index in [0.29, 0.717) is 5.92 Å². The molecule has 106 valence electrons. The number of halogens is 1. The summed E-state index contributed by atoms with van der Waals surface area (Å²) in [7, 11) is -3.67. The second kappa shape index (κ2) is 6.05. The van der Waals surface area contributed by atoms with Crippen LogP contribution in [0.4, 0.5) is 0 Å². The summed E-state index contributed by atoms with van der Waals surface area (Å²) in [5.74, 6) is 0.629. The van der Waals surface area contributed by atoms with Gasteiger partial charge in [-0.1, -0.05) is 18.2 Å². The van der Waals surface area contributed by atoms with Crippen LogP contribution in [0.1, 0.15) is 36.9 Å². The molecule has 0 saturated heterocycles. The van der Waals surface area contributed by atoms with Gasteiger partial charge in [-0.05, 0) is 48.9 Å². The fourth-order valence-electron chi connectivity index (χ4n) is 1.82. The first-order valence-corrected chi connectivity index (χ1v) is 7.53. The largest absolute Gasteiger partial charge is 0.324 e. The molecule has 0 aromatic heterocycles. The zero-order valence-corrected chi connectivity index (χ0v) is 12.4. The van der Waals surface area contributed by atoms with E-state index in [1.807, 2.05) is 13.0 Å². The number of benzene rings is 1. The second-order valence-electron chi connectivity index (χ2n) is 4.82. The van der Waals surface area contributed by atoms with Crippen molar-refractivity contribution in [2.45, 2.75) is 30.7 Å². The highest BCUT2D eigenvalue weighted by atomic mass is 35.5. The lowest BCUT2D eigenvalue weighted by atomic mass is 10.0. The molecule has 0 amide bonds. The van der Waals surface area contributed by atoms with Gasteiger partial charge in [0.15, 0.2) is 0 Å². The Kier molecular flexibility index (Phi) is 5.15. The summed E-state index contributed by atoms with van der Waals surface area (Å²) in [6.07, 6.45) is 6.47. The maximum atomic E-state index is 11.3. The van der Waals surface area contributed by atoms with Gasteiger partial charge in [-0.2, -0.15) is 0 Å². The van der Waals surface area contributed by atoms with E-state index in [9.17, 15) is 8.42 Å². The van der Waals surface area contributed by atoms with Crippen LogP contribution >= 0.6 is 12.4 Å². The van der Waals surface area contributed by atoms with E-state index in [2.05, 4.69) is 6.08 Å². The maximum absolute atomic E-state index is 11.3. The van der Waals surface area contributed by atoms with Gasteiger partial charge in [0.05, 0.1) is 4.90 Å². The van der Waals surface area contributed by atoms with Crippen LogP contribution in [0, 0.1) is 5.92 Å². The van der Waals surface area contributed by atoms with Gasteiger partial charge in [-0.25, -0.2) is 13.6 Å². The SMILES string of the molecule is C[C@@H](N)c1ccc(S(N)(=O)=O)cc1/C=C/C1CC1.Cl. The van der Waals surface area contributed by atoms with Crippen molar-refractivity contribution in [1.82, 2.24) is 0 Å². The Balaban J connectivity index is 0.00000180. The van der Waals surface area contributed by atoms with Crippen molar-refractivity contribution in [2.75, 3.05) is 0 Å². The molecule has 4 nitrogen and oxygen atoms in total. The molecule has 4 N–H and O–H groups in total. The molecular formula is C13H19ClN2O2S. The first kappa shape index (κ1) is 16.2. The molecule has 0 unspecified atom stereocenters. The normalized spacial score (nSPS) is 17.2. The van der Waals surface area contributed by atoms with Crippen molar-refractivity contribution >= 4 is 28.5 Å². The fraction of sp³-hybridized carbons (Fsp3) is 0.385. The third-order valence-corrected chi connectivity index (χ3v) is 3.96. The Morgan fingerprint density at radius 2 is 2.00 bits per heavy atom. The average Bonchev–Trinajstić information content (AvgIpc) is 3.08. The molecule has 0 bridgehead atoms. The van der Waals surface area contributed by atoms with Crippen molar-refractivity contribution in [1.29, 1.82) is 0 Å². The van der Waals surface area contributed by atoms with Crippen LogP contribution in [-0.2, 0) is 10.0 Å². The minimum absolute atomic E-state index is 0. The number of rotatable bonds is 4. The summed E-state index contributed by atoms with van der Waals surface area (Å²) in [4.78, 5) is 0.127. The third-order valence-electron chi connectivity index (χ3n) is 3.05. The van der Waals surface area contributed by atoms with Gasteiger partial charge in [-0.15, -0.1) is 12.4 Å². The summed E-state index contributed by atoms with van der Waals surface area (Å²) in [5.41, 5.74) is 7.65. The summed E-state index contributed by atoms with van der Waals surface area (Å²) in [6, 6.07) is 4.69. The first-order chi connectivity index (χ1) is 8.38. The number of primary sulfonamides is 1. The molecule has 0 aliphatic heterocycles. The van der Waals surface area contributed by atoms with E-state index >= 15 is 0 Å². The van der Waals surface area contributed by atoms with Gasteiger partial charge in [0, 0.05) is 6.04 Å².